The summed E-state index contributed by atoms with van der Waals surface area (Å²) in [6.07, 6.45) is -3.01. The predicted molar refractivity (Wildman–Crippen MR) is 52.0 cm³/mol. The molecule has 0 atom stereocenters. The van der Waals surface area contributed by atoms with Crippen molar-refractivity contribution in [2.75, 3.05) is 13.2 Å². The van der Waals surface area contributed by atoms with Crippen molar-refractivity contribution < 1.29 is 27.1 Å². The SMILES string of the molecule is O=C(NCCCOCc1ccco1)C(F)(F)F. The summed E-state index contributed by atoms with van der Waals surface area (Å²) in [6, 6.07) is 3.44. The molecule has 0 aliphatic carbocycles. The van der Waals surface area contributed by atoms with E-state index in [1.54, 1.807) is 17.4 Å². The van der Waals surface area contributed by atoms with Gasteiger partial charge >= 0.3 is 12.1 Å². The van der Waals surface area contributed by atoms with Gasteiger partial charge in [-0.1, -0.05) is 0 Å². The molecule has 0 unspecified atom stereocenters. The molecule has 0 saturated heterocycles. The van der Waals surface area contributed by atoms with E-state index in [-0.39, 0.29) is 19.8 Å². The molecule has 96 valence electrons. The molecule has 1 heterocycles. The van der Waals surface area contributed by atoms with Crippen molar-refractivity contribution in [2.24, 2.45) is 0 Å². The van der Waals surface area contributed by atoms with Crippen molar-refractivity contribution in [3.63, 3.8) is 0 Å². The number of rotatable bonds is 6. The minimum Gasteiger partial charge on any atom is -0.467 e. The summed E-state index contributed by atoms with van der Waals surface area (Å²) in [5, 5.41) is 1.75. The second-order valence-electron chi connectivity index (χ2n) is 3.24. The lowest BCUT2D eigenvalue weighted by molar-refractivity contribution is -0.173. The van der Waals surface area contributed by atoms with Gasteiger partial charge in [0.15, 0.2) is 0 Å². The number of nitrogens with one attached hydrogen (secondary N) is 1. The average Bonchev–Trinajstić information content (AvgIpc) is 2.74. The molecule has 4 nitrogen and oxygen atoms in total. The van der Waals surface area contributed by atoms with Crippen LogP contribution in [0.15, 0.2) is 22.8 Å². The zero-order chi connectivity index (χ0) is 12.7. The third-order valence-corrected chi connectivity index (χ3v) is 1.83. The Kier molecular flexibility index (Phi) is 5.02. The maximum Gasteiger partial charge on any atom is 0.471 e. The third kappa shape index (κ3) is 5.39. The van der Waals surface area contributed by atoms with Gasteiger partial charge in [0.2, 0.25) is 0 Å². The van der Waals surface area contributed by atoms with Crippen molar-refractivity contribution in [3.05, 3.63) is 24.2 Å². The van der Waals surface area contributed by atoms with Crippen LogP contribution in [0.4, 0.5) is 13.2 Å². The highest BCUT2D eigenvalue weighted by molar-refractivity contribution is 5.81. The Labute approximate surface area is 95.7 Å². The fourth-order valence-electron chi connectivity index (χ4n) is 1.04. The Hall–Kier alpha value is -1.50. The Balaban J connectivity index is 2.00. The Morgan fingerprint density at radius 1 is 1.47 bits per heavy atom. The number of carbonyl (C=O) groups excluding carboxylic acids is 1. The van der Waals surface area contributed by atoms with Crippen molar-refractivity contribution in [1.82, 2.24) is 5.32 Å². The monoisotopic (exact) mass is 251 g/mol. The van der Waals surface area contributed by atoms with Crippen LogP contribution in [0.2, 0.25) is 0 Å². The lowest BCUT2D eigenvalue weighted by Crippen LogP contribution is -2.37. The molecule has 7 heteroatoms. The number of hydrogen-bond donors (Lipinski definition) is 1. The minimum absolute atomic E-state index is 0.0729. The van der Waals surface area contributed by atoms with Crippen LogP contribution in [0, 0.1) is 0 Å². The lowest BCUT2D eigenvalue weighted by atomic mass is 10.4. The van der Waals surface area contributed by atoms with Crippen LogP contribution in [0.5, 0.6) is 0 Å². The van der Waals surface area contributed by atoms with Crippen LogP contribution in [-0.2, 0) is 16.1 Å². The van der Waals surface area contributed by atoms with E-state index in [1.807, 2.05) is 0 Å². The number of amides is 1. The highest BCUT2D eigenvalue weighted by atomic mass is 19.4. The Morgan fingerprint density at radius 3 is 2.82 bits per heavy atom. The standard InChI is InChI=1S/C10H12F3NO3/c11-10(12,13)9(15)14-4-2-5-16-7-8-3-1-6-17-8/h1,3,6H,2,4-5,7H2,(H,14,15). The molecule has 1 amide bonds. The molecular weight excluding hydrogens is 239 g/mol. The van der Waals surface area contributed by atoms with E-state index in [0.717, 1.165) is 0 Å². The normalized spacial score (nSPS) is 11.5. The molecule has 1 aromatic heterocycles. The van der Waals surface area contributed by atoms with E-state index >= 15 is 0 Å². The molecule has 0 aliphatic heterocycles. The van der Waals surface area contributed by atoms with Gasteiger partial charge in [-0.05, 0) is 18.6 Å². The van der Waals surface area contributed by atoms with Crippen LogP contribution in [-0.4, -0.2) is 25.2 Å². The molecule has 0 spiro atoms. The molecule has 0 aliphatic rings. The first-order chi connectivity index (χ1) is 8.00. The largest absolute Gasteiger partial charge is 0.471 e. The van der Waals surface area contributed by atoms with Crippen LogP contribution < -0.4 is 5.32 Å². The highest BCUT2D eigenvalue weighted by Crippen LogP contribution is 2.13. The molecule has 1 rings (SSSR count). The molecule has 0 aromatic carbocycles. The average molecular weight is 251 g/mol. The molecule has 0 fully saturated rings. The number of halogens is 3. The summed E-state index contributed by atoms with van der Waals surface area (Å²) >= 11 is 0. The van der Waals surface area contributed by atoms with Gasteiger partial charge in [-0.15, -0.1) is 0 Å². The molecule has 0 radical (unpaired) electrons. The van der Waals surface area contributed by atoms with Crippen LogP contribution in [0.3, 0.4) is 0 Å². The summed E-state index contributed by atoms with van der Waals surface area (Å²) in [5.41, 5.74) is 0. The first-order valence-electron chi connectivity index (χ1n) is 4.95. The number of furan rings is 1. The lowest BCUT2D eigenvalue weighted by Gasteiger charge is -2.07. The Morgan fingerprint density at radius 2 is 2.24 bits per heavy atom. The number of carbonyl (C=O) groups is 1. The fraction of sp³-hybridized carbons (Fsp3) is 0.500. The van der Waals surface area contributed by atoms with Crippen molar-refractivity contribution >= 4 is 5.91 Å². The first kappa shape index (κ1) is 13.6. The molecule has 1 aromatic rings. The van der Waals surface area contributed by atoms with E-state index in [2.05, 4.69) is 0 Å². The topological polar surface area (TPSA) is 51.5 Å². The van der Waals surface area contributed by atoms with Gasteiger partial charge in [0.05, 0.1) is 6.26 Å². The highest BCUT2D eigenvalue weighted by Gasteiger charge is 2.38. The van der Waals surface area contributed by atoms with E-state index in [0.29, 0.717) is 12.2 Å². The van der Waals surface area contributed by atoms with E-state index in [1.165, 1.54) is 6.26 Å². The molecule has 17 heavy (non-hydrogen) atoms. The Bertz CT molecular complexity index is 335. The van der Waals surface area contributed by atoms with Gasteiger partial charge in [0, 0.05) is 13.2 Å². The zero-order valence-corrected chi connectivity index (χ0v) is 8.92. The van der Waals surface area contributed by atoms with Crippen molar-refractivity contribution in [2.45, 2.75) is 19.2 Å². The third-order valence-electron chi connectivity index (χ3n) is 1.83. The van der Waals surface area contributed by atoms with Crippen molar-refractivity contribution in [3.8, 4) is 0 Å². The van der Waals surface area contributed by atoms with E-state index in [4.69, 9.17) is 9.15 Å². The molecular formula is C10H12F3NO3. The number of ether oxygens (including phenoxy) is 1. The summed E-state index contributed by atoms with van der Waals surface area (Å²) < 4.78 is 45.4. The fourth-order valence-corrected chi connectivity index (χ4v) is 1.04. The smallest absolute Gasteiger partial charge is 0.467 e. The minimum atomic E-state index is -4.82. The molecule has 0 bridgehead atoms. The number of alkyl halides is 3. The summed E-state index contributed by atoms with van der Waals surface area (Å²) in [5.74, 6) is -1.28. The van der Waals surface area contributed by atoms with Crippen LogP contribution >= 0.6 is 0 Å². The molecule has 1 N–H and O–H groups in total. The van der Waals surface area contributed by atoms with Gasteiger partial charge < -0.3 is 14.5 Å². The van der Waals surface area contributed by atoms with E-state index in [9.17, 15) is 18.0 Å². The number of hydrogen-bond acceptors (Lipinski definition) is 3. The van der Waals surface area contributed by atoms with Gasteiger partial charge in [-0.2, -0.15) is 13.2 Å². The first-order valence-corrected chi connectivity index (χ1v) is 4.95. The summed E-state index contributed by atoms with van der Waals surface area (Å²) in [6.45, 7) is 0.440. The zero-order valence-electron chi connectivity index (χ0n) is 8.92. The second kappa shape index (κ2) is 6.29. The van der Waals surface area contributed by atoms with Gasteiger partial charge in [-0.3, -0.25) is 4.79 Å². The predicted octanol–water partition coefficient (Wildman–Crippen LogP) is 1.86. The van der Waals surface area contributed by atoms with E-state index < -0.39 is 12.1 Å². The van der Waals surface area contributed by atoms with Gasteiger partial charge in [0.25, 0.3) is 0 Å². The molecule has 0 saturated carbocycles. The van der Waals surface area contributed by atoms with Crippen LogP contribution in [0.1, 0.15) is 12.2 Å². The van der Waals surface area contributed by atoms with Crippen molar-refractivity contribution in [1.29, 1.82) is 0 Å². The quantitative estimate of drug-likeness (QED) is 0.785. The summed E-state index contributed by atoms with van der Waals surface area (Å²) in [7, 11) is 0. The van der Waals surface area contributed by atoms with Gasteiger partial charge in [0.1, 0.15) is 12.4 Å². The van der Waals surface area contributed by atoms with Crippen LogP contribution in [0.25, 0.3) is 0 Å². The summed E-state index contributed by atoms with van der Waals surface area (Å²) in [4.78, 5) is 10.4. The second-order valence-corrected chi connectivity index (χ2v) is 3.24. The maximum atomic E-state index is 11.8. The maximum absolute atomic E-state index is 11.8. The van der Waals surface area contributed by atoms with Gasteiger partial charge in [-0.25, -0.2) is 0 Å².